The third-order valence-electron chi connectivity index (χ3n) is 7.71. The van der Waals surface area contributed by atoms with Gasteiger partial charge in [0.2, 0.25) is 0 Å². The fourth-order valence-corrected chi connectivity index (χ4v) is 6.14. The van der Waals surface area contributed by atoms with Gasteiger partial charge in [0.25, 0.3) is 0 Å². The van der Waals surface area contributed by atoms with Crippen LogP contribution in [0.25, 0.3) is 21.5 Å². The molecule has 0 saturated carbocycles. The van der Waals surface area contributed by atoms with E-state index in [9.17, 15) is 0 Å². The number of nitrogens with zero attached hydrogens (tertiary/aromatic N) is 1. The molecule has 0 bridgehead atoms. The van der Waals surface area contributed by atoms with E-state index in [0.717, 1.165) is 42.7 Å². The molecule has 160 valence electrons. The second-order valence-corrected chi connectivity index (χ2v) is 9.15. The number of fused-ring (bicyclic) bond motifs is 7. The van der Waals surface area contributed by atoms with Crippen molar-refractivity contribution in [2.45, 2.75) is 38.1 Å². The molecule has 1 atom stereocenters. The molecule has 0 aromatic heterocycles. The number of hydrogen-bond donors (Lipinski definition) is 0. The zero-order valence-corrected chi connectivity index (χ0v) is 18.6. The number of methoxy groups -OCH3 is 3. The van der Waals surface area contributed by atoms with Crippen molar-refractivity contribution in [2.75, 3.05) is 34.4 Å². The molecule has 0 amide bonds. The zero-order valence-electron chi connectivity index (χ0n) is 18.6. The minimum absolute atomic E-state index is 0.755. The summed E-state index contributed by atoms with van der Waals surface area (Å²) in [5.41, 5.74) is 6.29. The van der Waals surface area contributed by atoms with Gasteiger partial charge >= 0.3 is 0 Å². The smallest absolute Gasteiger partial charge is 0.161 e. The Hall–Kier alpha value is -2.72. The van der Waals surface area contributed by atoms with Gasteiger partial charge in [0, 0.05) is 12.6 Å². The van der Waals surface area contributed by atoms with E-state index in [-0.39, 0.29) is 0 Å². The van der Waals surface area contributed by atoms with Crippen molar-refractivity contribution < 1.29 is 14.2 Å². The van der Waals surface area contributed by atoms with Gasteiger partial charge in [0.05, 0.1) is 21.3 Å². The lowest BCUT2D eigenvalue weighted by atomic mass is 9.77. The lowest BCUT2D eigenvalue weighted by molar-refractivity contribution is 0.252. The van der Waals surface area contributed by atoms with Crippen LogP contribution >= 0.6 is 0 Å². The first-order valence-corrected chi connectivity index (χ1v) is 11.3. The average molecular weight is 416 g/mol. The SMILES string of the molecule is COc1ccc2c3c(c4cc(OC)c(OC)cc4c2c1)CC1=C(C3)CN2CCC[C@H]2C1. The van der Waals surface area contributed by atoms with Crippen molar-refractivity contribution in [3.8, 4) is 17.2 Å². The van der Waals surface area contributed by atoms with Crippen LogP contribution in [0.2, 0.25) is 0 Å². The van der Waals surface area contributed by atoms with Crippen LogP contribution in [0.15, 0.2) is 41.5 Å². The summed E-state index contributed by atoms with van der Waals surface area (Å²) in [5.74, 6) is 2.45. The van der Waals surface area contributed by atoms with Crippen LogP contribution in [0.3, 0.4) is 0 Å². The fourth-order valence-electron chi connectivity index (χ4n) is 6.14. The van der Waals surface area contributed by atoms with Gasteiger partial charge in [-0.15, -0.1) is 0 Å². The summed E-state index contributed by atoms with van der Waals surface area (Å²) in [7, 11) is 5.16. The van der Waals surface area contributed by atoms with Crippen LogP contribution in [-0.2, 0) is 12.8 Å². The summed E-state index contributed by atoms with van der Waals surface area (Å²) in [6.07, 6.45) is 6.06. The Balaban J connectivity index is 1.61. The monoisotopic (exact) mass is 415 g/mol. The zero-order chi connectivity index (χ0) is 21.1. The van der Waals surface area contributed by atoms with E-state index in [0.29, 0.717) is 0 Å². The van der Waals surface area contributed by atoms with E-state index in [1.54, 1.807) is 32.5 Å². The Morgan fingerprint density at radius 1 is 0.774 bits per heavy atom. The molecule has 0 spiro atoms. The van der Waals surface area contributed by atoms with Crippen LogP contribution < -0.4 is 14.2 Å². The molecular formula is C27H29NO3. The molecular weight excluding hydrogens is 386 g/mol. The second kappa shape index (κ2) is 7.16. The van der Waals surface area contributed by atoms with E-state index in [4.69, 9.17) is 14.2 Å². The Morgan fingerprint density at radius 3 is 2.26 bits per heavy atom. The normalized spacial score (nSPS) is 20.5. The molecule has 0 N–H and O–H groups in total. The molecule has 1 aliphatic carbocycles. The van der Waals surface area contributed by atoms with Gasteiger partial charge in [0.1, 0.15) is 5.75 Å². The molecule has 6 rings (SSSR count). The number of rotatable bonds is 3. The standard InChI is InChI=1S/C27H29NO3/c1-29-19-6-7-20-21-11-17-15-28-8-4-5-18(28)9-16(17)10-22(21)24-13-26(30-2)27(31-3)14-25(24)23(20)12-19/h6-7,12-14,18H,4-5,8-11,15H2,1-3H3/t18-/m0/s1. The van der Waals surface area contributed by atoms with Crippen molar-refractivity contribution in [1.29, 1.82) is 0 Å². The molecule has 3 aromatic carbocycles. The molecule has 1 saturated heterocycles. The molecule has 2 heterocycles. The van der Waals surface area contributed by atoms with E-state index >= 15 is 0 Å². The van der Waals surface area contributed by atoms with Gasteiger partial charge in [-0.1, -0.05) is 17.2 Å². The van der Waals surface area contributed by atoms with Gasteiger partial charge in [-0.2, -0.15) is 0 Å². The van der Waals surface area contributed by atoms with Gasteiger partial charge < -0.3 is 14.2 Å². The molecule has 31 heavy (non-hydrogen) atoms. The summed E-state index contributed by atoms with van der Waals surface area (Å²) in [5, 5.41) is 5.07. The molecule has 3 aliphatic rings. The topological polar surface area (TPSA) is 30.9 Å². The Kier molecular flexibility index (Phi) is 4.39. The first-order valence-electron chi connectivity index (χ1n) is 11.3. The highest BCUT2D eigenvalue weighted by Crippen LogP contribution is 2.45. The van der Waals surface area contributed by atoms with Crippen molar-refractivity contribution in [3.05, 3.63) is 52.6 Å². The van der Waals surface area contributed by atoms with Gasteiger partial charge in [-0.25, -0.2) is 0 Å². The van der Waals surface area contributed by atoms with Crippen LogP contribution in [0.5, 0.6) is 17.2 Å². The van der Waals surface area contributed by atoms with Crippen LogP contribution in [0, 0.1) is 0 Å². The predicted molar refractivity (Wildman–Crippen MR) is 125 cm³/mol. The first kappa shape index (κ1) is 19.0. The molecule has 2 aliphatic heterocycles. The van der Waals surface area contributed by atoms with E-state index < -0.39 is 0 Å². The summed E-state index contributed by atoms with van der Waals surface area (Å²) < 4.78 is 16.9. The van der Waals surface area contributed by atoms with E-state index in [2.05, 4.69) is 35.2 Å². The van der Waals surface area contributed by atoms with Crippen LogP contribution in [0.1, 0.15) is 30.4 Å². The molecule has 4 heteroatoms. The Bertz CT molecular complexity index is 1240. The van der Waals surface area contributed by atoms with E-state index in [1.165, 1.54) is 58.5 Å². The number of benzene rings is 3. The molecule has 1 fully saturated rings. The van der Waals surface area contributed by atoms with Crippen molar-refractivity contribution in [2.24, 2.45) is 0 Å². The molecule has 0 radical (unpaired) electrons. The number of ether oxygens (including phenoxy) is 3. The summed E-state index contributed by atoms with van der Waals surface area (Å²) in [4.78, 5) is 2.71. The highest BCUT2D eigenvalue weighted by molar-refractivity contribution is 6.12. The van der Waals surface area contributed by atoms with Crippen molar-refractivity contribution in [3.63, 3.8) is 0 Å². The molecule has 4 nitrogen and oxygen atoms in total. The highest BCUT2D eigenvalue weighted by Gasteiger charge is 2.34. The quantitative estimate of drug-likeness (QED) is 0.430. The molecule has 0 unspecified atom stereocenters. The van der Waals surface area contributed by atoms with Crippen molar-refractivity contribution in [1.82, 2.24) is 4.90 Å². The molecule has 3 aromatic rings. The lowest BCUT2D eigenvalue weighted by Crippen LogP contribution is -2.37. The summed E-state index contributed by atoms with van der Waals surface area (Å²) in [6.45, 7) is 2.42. The highest BCUT2D eigenvalue weighted by atomic mass is 16.5. The van der Waals surface area contributed by atoms with Crippen LogP contribution in [-0.4, -0.2) is 45.4 Å². The Morgan fingerprint density at radius 2 is 1.48 bits per heavy atom. The lowest BCUT2D eigenvalue weighted by Gasteiger charge is -2.37. The van der Waals surface area contributed by atoms with Crippen molar-refractivity contribution >= 4 is 21.5 Å². The maximum atomic E-state index is 5.69. The van der Waals surface area contributed by atoms with Crippen LogP contribution in [0.4, 0.5) is 0 Å². The summed E-state index contributed by atoms with van der Waals surface area (Å²) >= 11 is 0. The van der Waals surface area contributed by atoms with Gasteiger partial charge in [-0.05, 0) is 95.6 Å². The Labute approximate surface area is 183 Å². The second-order valence-electron chi connectivity index (χ2n) is 9.15. The third-order valence-corrected chi connectivity index (χ3v) is 7.71. The predicted octanol–water partition coefficient (Wildman–Crippen LogP) is 5.28. The minimum Gasteiger partial charge on any atom is -0.497 e. The average Bonchev–Trinajstić information content (AvgIpc) is 3.27. The van der Waals surface area contributed by atoms with E-state index in [1.807, 2.05) is 0 Å². The largest absolute Gasteiger partial charge is 0.497 e. The maximum Gasteiger partial charge on any atom is 0.161 e. The first-order chi connectivity index (χ1) is 15.2. The third kappa shape index (κ3) is 2.85. The fraction of sp³-hybridized carbons (Fsp3) is 0.407. The minimum atomic E-state index is 0.755. The summed E-state index contributed by atoms with van der Waals surface area (Å²) in [6, 6.07) is 11.6. The number of hydrogen-bond acceptors (Lipinski definition) is 4. The van der Waals surface area contributed by atoms with Gasteiger partial charge in [0.15, 0.2) is 11.5 Å². The maximum absolute atomic E-state index is 5.69. The van der Waals surface area contributed by atoms with Gasteiger partial charge in [-0.3, -0.25) is 4.90 Å².